The van der Waals surface area contributed by atoms with Gasteiger partial charge in [-0.05, 0) is 25.3 Å². The summed E-state index contributed by atoms with van der Waals surface area (Å²) in [4.78, 5) is 30.1. The van der Waals surface area contributed by atoms with Crippen molar-refractivity contribution in [3.8, 4) is 0 Å². The number of hydrogen-bond donors (Lipinski definition) is 0. The number of fused-ring (bicyclic) bond motifs is 2. The first kappa shape index (κ1) is 17.5. The molecular weight excluding hydrogens is 328 g/mol. The van der Waals surface area contributed by atoms with E-state index in [0.717, 1.165) is 26.1 Å². The molecule has 5 nitrogen and oxygen atoms in total. The molecule has 1 aliphatic carbocycles. The molecule has 0 unspecified atom stereocenters. The van der Waals surface area contributed by atoms with E-state index in [4.69, 9.17) is 4.74 Å². The fourth-order valence-electron chi connectivity index (χ4n) is 4.93. The predicted octanol–water partition coefficient (Wildman–Crippen LogP) is 2.45. The van der Waals surface area contributed by atoms with Crippen LogP contribution in [0.4, 0.5) is 0 Å². The molecule has 1 saturated carbocycles. The number of carbonyl (C=O) groups excluding carboxylic acids is 2. The number of esters is 1. The Morgan fingerprint density at radius 1 is 1.04 bits per heavy atom. The number of rotatable bonds is 3. The SMILES string of the molecule is CC1(C)[C@@]2(C)CC[C@@]1(C(=O)N1CCN(Cc3ccccc3)CC1)OC2=O. The van der Waals surface area contributed by atoms with Gasteiger partial charge in [0, 0.05) is 38.1 Å². The van der Waals surface area contributed by atoms with Gasteiger partial charge in [-0.15, -0.1) is 0 Å². The number of hydrogen-bond acceptors (Lipinski definition) is 4. The first-order chi connectivity index (χ1) is 12.3. The lowest BCUT2D eigenvalue weighted by Crippen LogP contribution is -2.59. The average Bonchev–Trinajstić information content (AvgIpc) is 2.93. The maximum absolute atomic E-state index is 13.4. The topological polar surface area (TPSA) is 49.9 Å². The third-order valence-electron chi connectivity index (χ3n) is 7.34. The van der Waals surface area contributed by atoms with Crippen LogP contribution >= 0.6 is 0 Å². The van der Waals surface area contributed by atoms with E-state index >= 15 is 0 Å². The second-order valence-corrected chi connectivity index (χ2v) is 8.73. The molecule has 0 spiro atoms. The molecule has 3 aliphatic rings. The minimum Gasteiger partial charge on any atom is -0.448 e. The minimum absolute atomic E-state index is 0.0106. The normalized spacial score (nSPS) is 33.3. The number of nitrogens with zero attached hydrogens (tertiary/aromatic N) is 2. The molecule has 2 bridgehead atoms. The van der Waals surface area contributed by atoms with Gasteiger partial charge in [-0.1, -0.05) is 44.2 Å². The Kier molecular flexibility index (Phi) is 3.92. The summed E-state index contributed by atoms with van der Waals surface area (Å²) in [7, 11) is 0. The van der Waals surface area contributed by atoms with Gasteiger partial charge in [-0.25, -0.2) is 0 Å². The maximum atomic E-state index is 13.4. The first-order valence-corrected chi connectivity index (χ1v) is 9.59. The molecule has 0 aromatic heterocycles. The largest absolute Gasteiger partial charge is 0.448 e. The van der Waals surface area contributed by atoms with Crippen molar-refractivity contribution in [1.29, 1.82) is 0 Å². The van der Waals surface area contributed by atoms with Crippen LogP contribution in [0.15, 0.2) is 30.3 Å². The molecule has 3 fully saturated rings. The lowest BCUT2D eigenvalue weighted by Gasteiger charge is -2.42. The van der Waals surface area contributed by atoms with Crippen LogP contribution in [-0.2, 0) is 20.9 Å². The van der Waals surface area contributed by atoms with Crippen LogP contribution in [-0.4, -0.2) is 53.5 Å². The summed E-state index contributed by atoms with van der Waals surface area (Å²) in [5, 5.41) is 0. The quantitative estimate of drug-likeness (QED) is 0.781. The molecule has 2 saturated heterocycles. The summed E-state index contributed by atoms with van der Waals surface area (Å²) in [5.41, 5.74) is -0.684. The highest BCUT2D eigenvalue weighted by Gasteiger charge is 2.76. The Morgan fingerprint density at radius 2 is 1.69 bits per heavy atom. The molecular formula is C21H28N2O3. The fraction of sp³-hybridized carbons (Fsp3) is 0.619. The number of piperazine rings is 1. The molecule has 2 atom stereocenters. The zero-order chi connectivity index (χ0) is 18.6. The highest BCUT2D eigenvalue weighted by Crippen LogP contribution is 2.65. The highest BCUT2D eigenvalue weighted by molar-refractivity contribution is 5.96. The molecule has 1 aromatic rings. The van der Waals surface area contributed by atoms with Crippen molar-refractivity contribution >= 4 is 11.9 Å². The Bertz CT molecular complexity index is 724. The van der Waals surface area contributed by atoms with Crippen molar-refractivity contribution < 1.29 is 14.3 Å². The predicted molar refractivity (Wildman–Crippen MR) is 98.2 cm³/mol. The van der Waals surface area contributed by atoms with Gasteiger partial charge in [0.05, 0.1) is 5.41 Å². The van der Waals surface area contributed by atoms with Gasteiger partial charge >= 0.3 is 5.97 Å². The maximum Gasteiger partial charge on any atom is 0.313 e. The van der Waals surface area contributed by atoms with Gasteiger partial charge < -0.3 is 9.64 Å². The van der Waals surface area contributed by atoms with Crippen LogP contribution in [0.1, 0.15) is 39.2 Å². The van der Waals surface area contributed by atoms with E-state index < -0.39 is 16.4 Å². The summed E-state index contributed by atoms with van der Waals surface area (Å²) in [6.07, 6.45) is 1.38. The molecule has 1 aromatic carbocycles. The van der Waals surface area contributed by atoms with E-state index in [1.807, 2.05) is 31.7 Å². The van der Waals surface area contributed by atoms with Crippen LogP contribution in [0, 0.1) is 10.8 Å². The summed E-state index contributed by atoms with van der Waals surface area (Å²) in [6, 6.07) is 10.4. The second-order valence-electron chi connectivity index (χ2n) is 8.73. The van der Waals surface area contributed by atoms with Crippen molar-refractivity contribution in [3.05, 3.63) is 35.9 Å². The lowest BCUT2D eigenvalue weighted by molar-refractivity contribution is -0.175. The zero-order valence-corrected chi connectivity index (χ0v) is 16.0. The van der Waals surface area contributed by atoms with E-state index in [0.29, 0.717) is 19.5 Å². The number of carbonyl (C=O) groups is 2. The summed E-state index contributed by atoms with van der Waals surface area (Å²) in [6.45, 7) is 9.99. The smallest absolute Gasteiger partial charge is 0.313 e. The Hall–Kier alpha value is -1.88. The zero-order valence-electron chi connectivity index (χ0n) is 16.0. The molecule has 2 aliphatic heterocycles. The molecule has 26 heavy (non-hydrogen) atoms. The third kappa shape index (κ3) is 2.26. The van der Waals surface area contributed by atoms with Gasteiger partial charge in [0.25, 0.3) is 5.91 Å². The summed E-state index contributed by atoms with van der Waals surface area (Å²) >= 11 is 0. The van der Waals surface area contributed by atoms with E-state index in [1.54, 1.807) is 0 Å². The van der Waals surface area contributed by atoms with Crippen molar-refractivity contribution in [3.63, 3.8) is 0 Å². The Labute approximate surface area is 155 Å². The number of amides is 1. The van der Waals surface area contributed by atoms with Crippen LogP contribution < -0.4 is 0 Å². The van der Waals surface area contributed by atoms with Gasteiger partial charge in [0.2, 0.25) is 0 Å². The van der Waals surface area contributed by atoms with Crippen LogP contribution in [0.2, 0.25) is 0 Å². The van der Waals surface area contributed by atoms with E-state index in [9.17, 15) is 9.59 Å². The molecule has 140 valence electrons. The summed E-state index contributed by atoms with van der Waals surface area (Å²) in [5.74, 6) is -0.193. The average molecular weight is 356 g/mol. The number of benzene rings is 1. The molecule has 2 heterocycles. The molecule has 5 heteroatoms. The van der Waals surface area contributed by atoms with Crippen molar-refractivity contribution in [2.45, 2.75) is 45.8 Å². The van der Waals surface area contributed by atoms with Gasteiger partial charge in [-0.3, -0.25) is 14.5 Å². The molecule has 0 N–H and O–H groups in total. The number of ether oxygens (including phenoxy) is 1. The summed E-state index contributed by atoms with van der Waals surface area (Å²) < 4.78 is 5.76. The van der Waals surface area contributed by atoms with Crippen LogP contribution in [0.25, 0.3) is 0 Å². The highest BCUT2D eigenvalue weighted by atomic mass is 16.6. The monoisotopic (exact) mass is 356 g/mol. The molecule has 0 radical (unpaired) electrons. The van der Waals surface area contributed by atoms with Crippen LogP contribution in [0.3, 0.4) is 0 Å². The minimum atomic E-state index is -0.972. The van der Waals surface area contributed by atoms with Crippen LogP contribution in [0.5, 0.6) is 0 Å². The van der Waals surface area contributed by atoms with Gasteiger partial charge in [0.15, 0.2) is 5.60 Å². The molecule has 1 amide bonds. The fourth-order valence-corrected chi connectivity index (χ4v) is 4.93. The van der Waals surface area contributed by atoms with E-state index in [-0.39, 0.29) is 11.9 Å². The second kappa shape index (κ2) is 5.81. The van der Waals surface area contributed by atoms with Crippen molar-refractivity contribution in [2.24, 2.45) is 10.8 Å². The first-order valence-electron chi connectivity index (χ1n) is 9.59. The van der Waals surface area contributed by atoms with Crippen molar-refractivity contribution in [2.75, 3.05) is 26.2 Å². The van der Waals surface area contributed by atoms with Crippen molar-refractivity contribution in [1.82, 2.24) is 9.80 Å². The van der Waals surface area contributed by atoms with E-state index in [1.165, 1.54) is 5.56 Å². The Morgan fingerprint density at radius 3 is 2.23 bits per heavy atom. The van der Waals surface area contributed by atoms with Gasteiger partial charge in [0.1, 0.15) is 0 Å². The molecule has 4 rings (SSSR count). The van der Waals surface area contributed by atoms with Gasteiger partial charge in [-0.2, -0.15) is 0 Å². The standard InChI is InChI=1S/C21H28N2O3/c1-19(2)20(3)9-10-21(19,26-18(20)25)17(24)23-13-11-22(12-14-23)15-16-7-5-4-6-8-16/h4-8H,9-15H2,1-3H3/t20-,21-/m0/s1. The lowest BCUT2D eigenvalue weighted by atomic mass is 9.66. The Balaban J connectivity index is 1.44. The third-order valence-corrected chi connectivity index (χ3v) is 7.34. The van der Waals surface area contributed by atoms with E-state index in [2.05, 4.69) is 29.2 Å².